The number of anilines is 1. The number of hydrogen-bond acceptors (Lipinski definition) is 8. The Morgan fingerprint density at radius 2 is 1.82 bits per heavy atom. The van der Waals surface area contributed by atoms with E-state index in [2.05, 4.69) is 22.0 Å². The van der Waals surface area contributed by atoms with Crippen molar-refractivity contribution in [3.63, 3.8) is 0 Å². The van der Waals surface area contributed by atoms with Gasteiger partial charge in [0.1, 0.15) is 11.8 Å². The van der Waals surface area contributed by atoms with Gasteiger partial charge in [0.25, 0.3) is 5.69 Å². The van der Waals surface area contributed by atoms with E-state index in [0.29, 0.717) is 27.0 Å². The van der Waals surface area contributed by atoms with Crippen LogP contribution in [-0.2, 0) is 9.53 Å². The minimum atomic E-state index is -1.83. The summed E-state index contributed by atoms with van der Waals surface area (Å²) in [4.78, 5) is 40.7. The molecule has 0 spiro atoms. The maximum atomic E-state index is 14.4. The van der Waals surface area contributed by atoms with Crippen LogP contribution in [0.1, 0.15) is 27.4 Å². The molecule has 0 amide bonds. The van der Waals surface area contributed by atoms with Gasteiger partial charge in [0.05, 0.1) is 35.7 Å². The Kier molecular flexibility index (Phi) is 6.70. The van der Waals surface area contributed by atoms with Crippen LogP contribution in [0.2, 0.25) is 0 Å². The molecule has 4 atom stereocenters. The zero-order valence-electron chi connectivity index (χ0n) is 20.9. The van der Waals surface area contributed by atoms with Gasteiger partial charge in [0, 0.05) is 29.3 Å². The smallest absolute Gasteiger partial charge is 0.329 e. The lowest BCUT2D eigenvalue weighted by Gasteiger charge is -2.36. The molecule has 0 aliphatic carbocycles. The number of para-hydroxylation sites is 1. The van der Waals surface area contributed by atoms with Gasteiger partial charge in [-0.05, 0) is 51.3 Å². The van der Waals surface area contributed by atoms with Crippen molar-refractivity contribution in [2.24, 2.45) is 5.41 Å². The first-order valence-electron chi connectivity index (χ1n) is 12.0. The van der Waals surface area contributed by atoms with Crippen LogP contribution in [0.3, 0.4) is 0 Å². The maximum Gasteiger partial charge on any atom is 0.329 e. The number of esters is 1. The number of nitro benzene ring substituents is 1. The summed E-state index contributed by atoms with van der Waals surface area (Å²) < 4.78 is 11.1. The minimum absolute atomic E-state index is 0.151. The molecule has 1 saturated heterocycles. The summed E-state index contributed by atoms with van der Waals surface area (Å²) in [6, 6.07) is 18.3. The predicted molar refractivity (Wildman–Crippen MR) is 146 cm³/mol. The number of ether oxygens (including phenoxy) is 2. The molecule has 5 rings (SSSR count). The summed E-state index contributed by atoms with van der Waals surface area (Å²) in [6.45, 7) is 0. The Morgan fingerprint density at radius 1 is 1.10 bits per heavy atom. The molecule has 39 heavy (non-hydrogen) atoms. The van der Waals surface area contributed by atoms with Gasteiger partial charge >= 0.3 is 5.97 Å². The molecule has 9 nitrogen and oxygen atoms in total. The van der Waals surface area contributed by atoms with Crippen molar-refractivity contribution in [3.05, 3.63) is 104 Å². The number of carbonyl (C=O) groups is 2. The van der Waals surface area contributed by atoms with Gasteiger partial charge in [0.2, 0.25) is 0 Å². The first-order chi connectivity index (χ1) is 18.8. The molecule has 10 heteroatoms. The van der Waals surface area contributed by atoms with E-state index in [1.54, 1.807) is 24.3 Å². The number of rotatable bonds is 6. The third-order valence-electron chi connectivity index (χ3n) is 7.42. The van der Waals surface area contributed by atoms with Gasteiger partial charge in [-0.15, -0.1) is 0 Å². The highest BCUT2D eigenvalue weighted by molar-refractivity contribution is 9.10. The van der Waals surface area contributed by atoms with E-state index in [9.17, 15) is 25.0 Å². The molecule has 0 aromatic heterocycles. The first-order valence-corrected chi connectivity index (χ1v) is 12.7. The number of ketones is 1. The molecule has 0 unspecified atom stereocenters. The lowest BCUT2D eigenvalue weighted by Crippen LogP contribution is -2.46. The largest absolute Gasteiger partial charge is 0.496 e. The molecule has 0 N–H and O–H groups in total. The number of nitrogens with zero attached hydrogens (tertiary/aromatic N) is 3. The number of benzene rings is 3. The number of methoxy groups -OCH3 is 2. The highest BCUT2D eigenvalue weighted by Gasteiger charge is 2.67. The van der Waals surface area contributed by atoms with E-state index >= 15 is 0 Å². The van der Waals surface area contributed by atoms with Gasteiger partial charge < -0.3 is 14.4 Å². The van der Waals surface area contributed by atoms with E-state index in [4.69, 9.17) is 9.47 Å². The van der Waals surface area contributed by atoms with Crippen LogP contribution in [0, 0.1) is 26.9 Å². The normalized spacial score (nSPS) is 22.8. The fourth-order valence-corrected chi connectivity index (χ4v) is 6.24. The molecule has 1 fully saturated rings. The van der Waals surface area contributed by atoms with Crippen LogP contribution in [0.5, 0.6) is 5.75 Å². The van der Waals surface area contributed by atoms with E-state index in [0.717, 1.165) is 5.56 Å². The molecule has 196 valence electrons. The van der Waals surface area contributed by atoms with Crippen molar-refractivity contribution >= 4 is 45.1 Å². The number of non-ortho nitro benzene ring substituents is 1. The Balaban J connectivity index is 1.79. The van der Waals surface area contributed by atoms with Gasteiger partial charge in [-0.3, -0.25) is 19.7 Å². The highest BCUT2D eigenvalue weighted by atomic mass is 79.9. The molecule has 0 bridgehead atoms. The maximum absolute atomic E-state index is 14.4. The average Bonchev–Trinajstić information content (AvgIpc) is 3.28. The number of nitro groups is 1. The zero-order chi connectivity index (χ0) is 27.9. The van der Waals surface area contributed by atoms with Crippen LogP contribution in [0.25, 0.3) is 6.08 Å². The summed E-state index contributed by atoms with van der Waals surface area (Å²) in [6.07, 6.45) is 3.58. The minimum Gasteiger partial charge on any atom is -0.496 e. The predicted octanol–water partition coefficient (Wildman–Crippen LogP) is 5.30. The summed E-state index contributed by atoms with van der Waals surface area (Å²) >= 11 is 3.44. The second-order valence-corrected chi connectivity index (χ2v) is 10.1. The van der Waals surface area contributed by atoms with Gasteiger partial charge in [0.15, 0.2) is 11.2 Å². The average molecular weight is 588 g/mol. The van der Waals surface area contributed by atoms with Crippen LogP contribution < -0.4 is 9.64 Å². The molecule has 0 radical (unpaired) electrons. The van der Waals surface area contributed by atoms with Crippen LogP contribution in [0.4, 0.5) is 11.4 Å². The van der Waals surface area contributed by atoms with Crippen molar-refractivity contribution in [3.8, 4) is 11.8 Å². The quantitative estimate of drug-likeness (QED) is 0.165. The summed E-state index contributed by atoms with van der Waals surface area (Å²) in [5, 5.41) is 22.1. The Labute approximate surface area is 232 Å². The van der Waals surface area contributed by atoms with Crippen molar-refractivity contribution < 1.29 is 24.0 Å². The topological polar surface area (TPSA) is 123 Å². The molecule has 2 aliphatic rings. The van der Waals surface area contributed by atoms with Gasteiger partial charge in [-0.25, -0.2) is 0 Å². The number of fused-ring (bicyclic) bond motifs is 3. The third-order valence-corrected chi connectivity index (χ3v) is 8.04. The van der Waals surface area contributed by atoms with Crippen molar-refractivity contribution in [1.29, 1.82) is 5.26 Å². The molecule has 2 heterocycles. The fourth-order valence-electron chi connectivity index (χ4n) is 5.70. The summed E-state index contributed by atoms with van der Waals surface area (Å²) in [5.74, 6) is -1.61. The SMILES string of the molecule is COC(=O)[C@]1(C#N)[C@@H](c2ccc([N+](=O)[O-])cc2)[C@@H](C(=O)c2ccc(OC)c(Br)c2)N2c3ccccc3C=C[C@@H]21. The fraction of sp³-hybridized carbons (Fsp3) is 0.207. The van der Waals surface area contributed by atoms with E-state index in [-0.39, 0.29) is 11.5 Å². The molecule has 2 aliphatic heterocycles. The van der Waals surface area contributed by atoms with Crippen molar-refractivity contribution in [1.82, 2.24) is 0 Å². The molecular formula is C29H22BrN3O6. The second kappa shape index (κ2) is 10.0. The first kappa shape index (κ1) is 26.1. The third kappa shape index (κ3) is 3.97. The van der Waals surface area contributed by atoms with Crippen LogP contribution in [-0.4, -0.2) is 43.0 Å². The molecule has 3 aromatic carbocycles. The van der Waals surface area contributed by atoms with E-state index in [1.807, 2.05) is 35.2 Å². The number of carbonyl (C=O) groups excluding carboxylic acids is 2. The van der Waals surface area contributed by atoms with Gasteiger partial charge in [-0.1, -0.05) is 42.5 Å². The van der Waals surface area contributed by atoms with E-state index < -0.39 is 34.3 Å². The number of Topliss-reactive ketones (excluding diaryl/α,β-unsaturated/α-hetero) is 1. The Morgan fingerprint density at radius 3 is 2.44 bits per heavy atom. The van der Waals surface area contributed by atoms with Crippen LogP contribution in [0.15, 0.2) is 77.3 Å². The summed E-state index contributed by atoms with van der Waals surface area (Å²) in [5.41, 5.74) is 0.288. The standard InChI is InChI=1S/C29H22BrN3O6/c1-38-23-13-9-19(15-21(23)30)27(34)26-25(18-7-11-20(12-8-18)33(36)37)29(16-31,28(35)39-2)24-14-10-17-5-3-4-6-22(17)32(24)26/h3-15,24-26H,1-2H3/t24-,25+,26+,29+/m1/s1. The lowest BCUT2D eigenvalue weighted by atomic mass is 9.68. The number of nitriles is 1. The highest BCUT2D eigenvalue weighted by Crippen LogP contribution is 2.56. The number of hydrogen-bond donors (Lipinski definition) is 0. The zero-order valence-corrected chi connectivity index (χ0v) is 22.5. The Bertz CT molecular complexity index is 1560. The molecule has 3 aromatic rings. The van der Waals surface area contributed by atoms with Gasteiger partial charge in [-0.2, -0.15) is 5.26 Å². The lowest BCUT2D eigenvalue weighted by molar-refractivity contribution is -0.384. The van der Waals surface area contributed by atoms with E-state index in [1.165, 1.54) is 38.5 Å². The summed E-state index contributed by atoms with van der Waals surface area (Å²) in [7, 11) is 2.72. The monoisotopic (exact) mass is 587 g/mol. The molecular weight excluding hydrogens is 566 g/mol. The van der Waals surface area contributed by atoms with Crippen LogP contribution >= 0.6 is 15.9 Å². The number of halogens is 1. The van der Waals surface area contributed by atoms with Crippen molar-refractivity contribution in [2.45, 2.75) is 18.0 Å². The second-order valence-electron chi connectivity index (χ2n) is 9.23. The Hall–Kier alpha value is -4.49. The molecule has 0 saturated carbocycles. The van der Waals surface area contributed by atoms with Crippen molar-refractivity contribution in [2.75, 3.05) is 19.1 Å².